The fourth-order valence-corrected chi connectivity index (χ4v) is 5.17. The number of allylic oxidation sites excluding steroid dienone is 2. The number of fused-ring (bicyclic) bond motifs is 1. The first-order valence-electron chi connectivity index (χ1n) is 10.3. The zero-order valence-corrected chi connectivity index (χ0v) is 18.4. The Bertz CT molecular complexity index is 746. The van der Waals surface area contributed by atoms with Gasteiger partial charge in [-0.2, -0.15) is 0 Å². The molecule has 4 atom stereocenters. The van der Waals surface area contributed by atoms with Crippen LogP contribution in [0.1, 0.15) is 44.0 Å². The van der Waals surface area contributed by atoms with Gasteiger partial charge in [-0.15, -0.1) is 11.3 Å². The highest BCUT2D eigenvalue weighted by Gasteiger charge is 2.51. The average molecular weight is 418 g/mol. The van der Waals surface area contributed by atoms with Crippen molar-refractivity contribution >= 4 is 29.1 Å². The number of carbonyl (C=O) groups is 3. The Kier molecular flexibility index (Phi) is 6.90. The van der Waals surface area contributed by atoms with Crippen LogP contribution in [0.15, 0.2) is 29.7 Å². The van der Waals surface area contributed by atoms with E-state index < -0.39 is 6.04 Å². The van der Waals surface area contributed by atoms with Crippen molar-refractivity contribution in [2.75, 3.05) is 20.6 Å². The van der Waals surface area contributed by atoms with Gasteiger partial charge in [-0.1, -0.05) is 32.1 Å². The second-order valence-electron chi connectivity index (χ2n) is 8.59. The van der Waals surface area contributed by atoms with Crippen LogP contribution in [0.25, 0.3) is 0 Å². The number of hydrogen-bond donors (Lipinski definition) is 1. The highest BCUT2D eigenvalue weighted by molar-refractivity contribution is 7.10. The summed E-state index contributed by atoms with van der Waals surface area (Å²) in [4.78, 5) is 43.7. The van der Waals surface area contributed by atoms with Crippen LogP contribution in [0.4, 0.5) is 0 Å². The molecule has 2 aliphatic rings. The zero-order chi connectivity index (χ0) is 21.1. The van der Waals surface area contributed by atoms with E-state index in [1.165, 1.54) is 9.78 Å². The number of imide groups is 1. The molecule has 0 radical (unpaired) electrons. The molecule has 2 heterocycles. The van der Waals surface area contributed by atoms with Crippen molar-refractivity contribution in [1.29, 1.82) is 0 Å². The number of rotatable bonds is 8. The van der Waals surface area contributed by atoms with Gasteiger partial charge >= 0.3 is 0 Å². The number of nitrogens with zero attached hydrogens (tertiary/aromatic N) is 2. The lowest BCUT2D eigenvalue weighted by Gasteiger charge is -2.29. The van der Waals surface area contributed by atoms with Crippen molar-refractivity contribution in [3.63, 3.8) is 0 Å². The molecule has 1 aliphatic carbocycles. The van der Waals surface area contributed by atoms with Crippen molar-refractivity contribution in [3.05, 3.63) is 34.5 Å². The third kappa shape index (κ3) is 4.61. The Morgan fingerprint density at radius 2 is 1.83 bits per heavy atom. The monoisotopic (exact) mass is 417 g/mol. The number of carbonyl (C=O) groups excluding carboxylic acids is 3. The molecule has 1 saturated heterocycles. The highest BCUT2D eigenvalue weighted by atomic mass is 32.1. The van der Waals surface area contributed by atoms with Gasteiger partial charge in [0.05, 0.1) is 17.9 Å². The topological polar surface area (TPSA) is 69.7 Å². The predicted molar refractivity (Wildman–Crippen MR) is 114 cm³/mol. The van der Waals surface area contributed by atoms with Gasteiger partial charge in [0.25, 0.3) is 0 Å². The number of hydrogen-bond acceptors (Lipinski definition) is 5. The maximum atomic E-state index is 13.2. The molecule has 1 fully saturated rings. The average Bonchev–Trinajstić information content (AvgIpc) is 3.28. The molecule has 0 aromatic carbocycles. The van der Waals surface area contributed by atoms with Gasteiger partial charge in [0.1, 0.15) is 6.04 Å². The largest absolute Gasteiger partial charge is 0.352 e. The van der Waals surface area contributed by atoms with E-state index in [1.807, 2.05) is 51.5 Å². The molecule has 158 valence electrons. The second kappa shape index (κ2) is 9.22. The minimum absolute atomic E-state index is 0.0513. The molecule has 3 rings (SSSR count). The third-order valence-corrected chi connectivity index (χ3v) is 6.79. The van der Waals surface area contributed by atoms with Crippen LogP contribution in [-0.4, -0.2) is 54.2 Å². The molecular weight excluding hydrogens is 386 g/mol. The van der Waals surface area contributed by atoms with Gasteiger partial charge in [-0.25, -0.2) is 0 Å². The summed E-state index contributed by atoms with van der Waals surface area (Å²) >= 11 is 1.65. The van der Waals surface area contributed by atoms with Gasteiger partial charge < -0.3 is 10.2 Å². The van der Waals surface area contributed by atoms with E-state index in [0.29, 0.717) is 25.8 Å². The van der Waals surface area contributed by atoms with E-state index in [4.69, 9.17) is 0 Å². The molecule has 1 N–H and O–H groups in total. The molecule has 1 aromatic heterocycles. The number of nitrogens with one attached hydrogen (secondary N) is 1. The fraction of sp³-hybridized carbons (Fsp3) is 0.591. The van der Waals surface area contributed by atoms with Gasteiger partial charge in [-0.3, -0.25) is 19.3 Å². The van der Waals surface area contributed by atoms with Gasteiger partial charge in [-0.05, 0) is 50.7 Å². The number of likely N-dealkylation sites (N-methyl/N-ethyl adjacent to an activating group) is 1. The van der Waals surface area contributed by atoms with E-state index in [9.17, 15) is 14.4 Å². The lowest BCUT2D eigenvalue weighted by atomic mass is 9.85. The number of thiophene rings is 1. The Balaban J connectivity index is 1.75. The minimum atomic E-state index is -0.744. The first kappa shape index (κ1) is 21.7. The fourth-order valence-electron chi connectivity index (χ4n) is 4.24. The number of likely N-dealkylation sites (tertiary alicyclic amines) is 1. The molecule has 7 heteroatoms. The van der Waals surface area contributed by atoms with Crippen LogP contribution in [0.3, 0.4) is 0 Å². The van der Waals surface area contributed by atoms with Gasteiger partial charge in [0.2, 0.25) is 17.7 Å². The quantitative estimate of drug-likeness (QED) is 0.522. The van der Waals surface area contributed by atoms with E-state index in [1.54, 1.807) is 11.3 Å². The van der Waals surface area contributed by atoms with Crippen LogP contribution in [0, 0.1) is 17.8 Å². The van der Waals surface area contributed by atoms with E-state index in [2.05, 4.69) is 16.3 Å². The van der Waals surface area contributed by atoms with Crippen LogP contribution >= 0.6 is 11.3 Å². The van der Waals surface area contributed by atoms with Crippen LogP contribution in [0.2, 0.25) is 0 Å². The van der Waals surface area contributed by atoms with Crippen LogP contribution in [0.5, 0.6) is 0 Å². The zero-order valence-electron chi connectivity index (χ0n) is 17.6. The van der Waals surface area contributed by atoms with Gasteiger partial charge in [0.15, 0.2) is 0 Å². The summed E-state index contributed by atoms with van der Waals surface area (Å²) in [5, 5.41) is 5.04. The molecule has 0 bridgehead atoms. The van der Waals surface area contributed by atoms with Crippen LogP contribution in [-0.2, 0) is 14.4 Å². The lowest BCUT2D eigenvalue weighted by molar-refractivity contribution is -0.148. The molecular formula is C22H31N3O3S. The van der Waals surface area contributed by atoms with E-state index >= 15 is 0 Å². The molecule has 0 spiro atoms. The van der Waals surface area contributed by atoms with Gasteiger partial charge in [0, 0.05) is 11.4 Å². The normalized spacial score (nSPS) is 23.6. The minimum Gasteiger partial charge on any atom is -0.352 e. The van der Waals surface area contributed by atoms with Crippen LogP contribution < -0.4 is 5.32 Å². The Morgan fingerprint density at radius 1 is 1.21 bits per heavy atom. The summed E-state index contributed by atoms with van der Waals surface area (Å²) in [6.45, 7) is 4.45. The van der Waals surface area contributed by atoms with Crippen molar-refractivity contribution in [2.45, 2.75) is 45.2 Å². The molecule has 6 nitrogen and oxygen atoms in total. The maximum absolute atomic E-state index is 13.2. The molecule has 1 aromatic rings. The Hall–Kier alpha value is -1.99. The predicted octanol–water partition coefficient (Wildman–Crippen LogP) is 2.83. The summed E-state index contributed by atoms with van der Waals surface area (Å²) in [6, 6.07) is 3.36. The smallest absolute Gasteiger partial charge is 0.243 e. The summed E-state index contributed by atoms with van der Waals surface area (Å²) in [6.07, 6.45) is 5.58. The molecule has 0 saturated carbocycles. The molecule has 1 aliphatic heterocycles. The Labute approximate surface area is 176 Å². The number of amides is 3. The summed E-state index contributed by atoms with van der Waals surface area (Å²) in [5.41, 5.74) is 0. The lowest BCUT2D eigenvalue weighted by Crippen LogP contribution is -2.51. The Morgan fingerprint density at radius 3 is 2.31 bits per heavy atom. The SMILES string of the molecule is CC(C)C[C@H](C(=O)NC[C@H](c1cccs1)N(C)C)N1C(=O)[C@H]2CC=CC[C@H]2C1=O. The highest BCUT2D eigenvalue weighted by Crippen LogP contribution is 2.37. The summed E-state index contributed by atoms with van der Waals surface area (Å²) < 4.78 is 0. The van der Waals surface area contributed by atoms with Crippen molar-refractivity contribution in [3.8, 4) is 0 Å². The van der Waals surface area contributed by atoms with E-state index in [0.717, 1.165) is 0 Å². The van der Waals surface area contributed by atoms with Crippen molar-refractivity contribution < 1.29 is 14.4 Å². The summed E-state index contributed by atoms with van der Waals surface area (Å²) in [7, 11) is 3.96. The molecule has 29 heavy (non-hydrogen) atoms. The second-order valence-corrected chi connectivity index (χ2v) is 9.57. The third-order valence-electron chi connectivity index (χ3n) is 5.82. The van der Waals surface area contributed by atoms with E-state index in [-0.39, 0.29) is 41.5 Å². The molecule has 3 amide bonds. The first-order valence-corrected chi connectivity index (χ1v) is 11.2. The maximum Gasteiger partial charge on any atom is 0.243 e. The van der Waals surface area contributed by atoms with Crippen molar-refractivity contribution in [1.82, 2.24) is 15.1 Å². The molecule has 0 unspecified atom stereocenters. The van der Waals surface area contributed by atoms with Crippen molar-refractivity contribution in [2.24, 2.45) is 17.8 Å². The first-order chi connectivity index (χ1) is 13.8. The standard InChI is InChI=1S/C22H31N3O3S/c1-14(2)12-17(25-21(27)15-8-5-6-9-16(15)22(25)28)20(26)23-13-18(24(3)4)19-10-7-11-29-19/h5-7,10-11,14-18H,8-9,12-13H2,1-4H3,(H,23,26)/t15-,16+,17-,18-/m1/s1. The summed E-state index contributed by atoms with van der Waals surface area (Å²) in [5.74, 6) is -1.05.